The van der Waals surface area contributed by atoms with Crippen LogP contribution >= 0.6 is 11.3 Å². The van der Waals surface area contributed by atoms with E-state index < -0.39 is 0 Å². The Balaban J connectivity index is 1.43. The smallest absolute Gasteiger partial charge is 0.306 e. The number of amides is 1. The molecule has 2 N–H and O–H groups in total. The molecule has 26 heavy (non-hydrogen) atoms. The van der Waals surface area contributed by atoms with E-state index in [-0.39, 0.29) is 17.9 Å². The van der Waals surface area contributed by atoms with Crippen LogP contribution in [0.15, 0.2) is 6.20 Å². The second-order valence-corrected chi connectivity index (χ2v) is 8.06. The molecule has 2 saturated heterocycles. The Morgan fingerprint density at radius 1 is 1.31 bits per heavy atom. The summed E-state index contributed by atoms with van der Waals surface area (Å²) in [5, 5.41) is 7.60. The van der Waals surface area contributed by atoms with Crippen LogP contribution in [0.3, 0.4) is 0 Å². The molecule has 0 radical (unpaired) electrons. The predicted molar refractivity (Wildman–Crippen MR) is 101 cm³/mol. The molecule has 1 amide bonds. The molecule has 1 aromatic rings. The minimum absolute atomic E-state index is 0.00399. The van der Waals surface area contributed by atoms with Gasteiger partial charge in [0.15, 0.2) is 0 Å². The van der Waals surface area contributed by atoms with Crippen LogP contribution < -0.4 is 10.6 Å². The van der Waals surface area contributed by atoms with Gasteiger partial charge >= 0.3 is 5.97 Å². The summed E-state index contributed by atoms with van der Waals surface area (Å²) < 4.78 is 4.68. The van der Waals surface area contributed by atoms with Crippen molar-refractivity contribution in [2.24, 2.45) is 0 Å². The lowest BCUT2D eigenvalue weighted by Crippen LogP contribution is -2.45. The predicted octanol–water partition coefficient (Wildman–Crippen LogP) is 1.37. The lowest BCUT2D eigenvalue weighted by atomic mass is 9.99. The Hall–Kier alpha value is -1.51. The fourth-order valence-corrected chi connectivity index (χ4v) is 4.55. The first kappa shape index (κ1) is 19.3. The minimum atomic E-state index is -0.171. The van der Waals surface area contributed by atoms with Gasteiger partial charge in [0, 0.05) is 31.6 Å². The maximum atomic E-state index is 12.5. The van der Waals surface area contributed by atoms with Crippen molar-refractivity contribution in [1.29, 1.82) is 0 Å². The van der Waals surface area contributed by atoms with Crippen molar-refractivity contribution in [3.8, 4) is 0 Å². The number of esters is 1. The standard InChI is InChI=1S/C18H28N4O3S/c1-25-16(23)6-11-22-9-4-14(5-10-22)21-17(24)15-12-20-18(26-15)13-2-7-19-8-3-13/h12-14,19H,2-11H2,1H3,(H,21,24). The number of rotatable bonds is 6. The van der Waals surface area contributed by atoms with Crippen LogP contribution in [0.5, 0.6) is 0 Å². The van der Waals surface area contributed by atoms with Crippen molar-refractivity contribution in [1.82, 2.24) is 20.5 Å². The van der Waals surface area contributed by atoms with Gasteiger partial charge in [-0.05, 0) is 38.8 Å². The number of methoxy groups -OCH3 is 1. The summed E-state index contributed by atoms with van der Waals surface area (Å²) in [6.45, 7) is 4.57. The Kier molecular flexibility index (Phi) is 6.99. The molecule has 144 valence electrons. The van der Waals surface area contributed by atoms with Crippen molar-refractivity contribution in [2.45, 2.75) is 44.1 Å². The van der Waals surface area contributed by atoms with Gasteiger partial charge in [0.05, 0.1) is 24.7 Å². The minimum Gasteiger partial charge on any atom is -0.469 e. The number of hydrogen-bond acceptors (Lipinski definition) is 7. The highest BCUT2D eigenvalue weighted by molar-refractivity contribution is 7.13. The summed E-state index contributed by atoms with van der Waals surface area (Å²) in [5.74, 6) is 0.312. The van der Waals surface area contributed by atoms with E-state index >= 15 is 0 Å². The maximum Gasteiger partial charge on any atom is 0.306 e. The largest absolute Gasteiger partial charge is 0.469 e. The van der Waals surface area contributed by atoms with Crippen LogP contribution in [0.1, 0.15) is 52.7 Å². The number of hydrogen-bond donors (Lipinski definition) is 2. The van der Waals surface area contributed by atoms with Gasteiger partial charge in [-0.25, -0.2) is 4.98 Å². The van der Waals surface area contributed by atoms with Crippen LogP contribution in [0.25, 0.3) is 0 Å². The van der Waals surface area contributed by atoms with Gasteiger partial charge in [-0.1, -0.05) is 0 Å². The molecule has 7 nitrogen and oxygen atoms in total. The van der Waals surface area contributed by atoms with Crippen LogP contribution in [0.4, 0.5) is 0 Å². The Bertz CT molecular complexity index is 607. The molecule has 3 rings (SSSR count). The van der Waals surface area contributed by atoms with E-state index in [2.05, 4.69) is 25.3 Å². The first-order chi connectivity index (χ1) is 12.7. The van der Waals surface area contributed by atoms with Gasteiger partial charge in [0.25, 0.3) is 5.91 Å². The number of carbonyl (C=O) groups is 2. The summed E-state index contributed by atoms with van der Waals surface area (Å²) in [7, 11) is 1.42. The summed E-state index contributed by atoms with van der Waals surface area (Å²) in [4.78, 5) is 31.2. The van der Waals surface area contributed by atoms with Crippen molar-refractivity contribution in [3.05, 3.63) is 16.1 Å². The molecule has 0 bridgehead atoms. The number of carbonyl (C=O) groups excluding carboxylic acids is 2. The molecule has 1 aromatic heterocycles. The third kappa shape index (κ3) is 5.25. The topological polar surface area (TPSA) is 83.6 Å². The van der Waals surface area contributed by atoms with Crippen molar-refractivity contribution in [3.63, 3.8) is 0 Å². The van der Waals surface area contributed by atoms with Gasteiger partial charge < -0.3 is 20.3 Å². The highest BCUT2D eigenvalue weighted by atomic mass is 32.1. The zero-order chi connectivity index (χ0) is 18.4. The molecular formula is C18H28N4O3S. The number of ether oxygens (including phenoxy) is 1. The molecule has 2 fully saturated rings. The highest BCUT2D eigenvalue weighted by Gasteiger charge is 2.24. The quantitative estimate of drug-likeness (QED) is 0.725. The molecule has 3 heterocycles. The summed E-state index contributed by atoms with van der Waals surface area (Å²) >= 11 is 1.54. The number of nitrogens with zero attached hydrogens (tertiary/aromatic N) is 2. The lowest BCUT2D eigenvalue weighted by Gasteiger charge is -2.31. The lowest BCUT2D eigenvalue weighted by molar-refractivity contribution is -0.141. The van der Waals surface area contributed by atoms with Crippen LogP contribution in [0, 0.1) is 0 Å². The monoisotopic (exact) mass is 380 g/mol. The molecule has 2 aliphatic heterocycles. The molecular weight excluding hydrogens is 352 g/mol. The first-order valence-corrected chi connectivity index (χ1v) is 10.2. The first-order valence-electron chi connectivity index (χ1n) is 9.42. The summed E-state index contributed by atoms with van der Waals surface area (Å²) in [6, 6.07) is 0.196. The van der Waals surface area contributed by atoms with E-state index in [1.165, 1.54) is 18.4 Å². The molecule has 0 saturated carbocycles. The normalized spacial score (nSPS) is 20.0. The van der Waals surface area contributed by atoms with Crippen LogP contribution in [-0.2, 0) is 9.53 Å². The zero-order valence-electron chi connectivity index (χ0n) is 15.3. The fourth-order valence-electron chi connectivity index (χ4n) is 3.56. The maximum absolute atomic E-state index is 12.5. The van der Waals surface area contributed by atoms with Crippen molar-refractivity contribution >= 4 is 23.2 Å². The van der Waals surface area contributed by atoms with E-state index in [1.807, 2.05) is 0 Å². The summed E-state index contributed by atoms with van der Waals surface area (Å²) in [5.41, 5.74) is 0. The highest BCUT2D eigenvalue weighted by Crippen LogP contribution is 2.29. The van der Waals surface area contributed by atoms with E-state index in [0.29, 0.717) is 17.2 Å². The third-order valence-electron chi connectivity index (χ3n) is 5.22. The van der Waals surface area contributed by atoms with Crippen molar-refractivity contribution < 1.29 is 14.3 Å². The van der Waals surface area contributed by atoms with Gasteiger partial charge in [-0.3, -0.25) is 9.59 Å². The van der Waals surface area contributed by atoms with Gasteiger partial charge in [-0.2, -0.15) is 0 Å². The molecule has 0 unspecified atom stereocenters. The molecule has 0 aromatic carbocycles. The van der Waals surface area contributed by atoms with Gasteiger partial charge in [-0.15, -0.1) is 11.3 Å². The SMILES string of the molecule is COC(=O)CCN1CCC(NC(=O)c2cnc(C3CCNCC3)s2)CC1. The van der Waals surface area contributed by atoms with Crippen LogP contribution in [0.2, 0.25) is 0 Å². The number of piperidine rings is 2. The number of aromatic nitrogens is 1. The second kappa shape index (κ2) is 9.43. The molecule has 0 atom stereocenters. The number of nitrogens with one attached hydrogen (secondary N) is 2. The molecule has 8 heteroatoms. The number of likely N-dealkylation sites (tertiary alicyclic amines) is 1. The van der Waals surface area contributed by atoms with E-state index in [1.54, 1.807) is 6.20 Å². The molecule has 2 aliphatic rings. The molecule has 0 spiro atoms. The van der Waals surface area contributed by atoms with Gasteiger partial charge in [0.1, 0.15) is 4.88 Å². The third-order valence-corrected chi connectivity index (χ3v) is 6.38. The van der Waals surface area contributed by atoms with E-state index in [0.717, 1.165) is 63.4 Å². The average molecular weight is 381 g/mol. The van der Waals surface area contributed by atoms with Gasteiger partial charge in [0.2, 0.25) is 0 Å². The average Bonchev–Trinajstić information content (AvgIpc) is 3.18. The second-order valence-electron chi connectivity index (χ2n) is 7.00. The number of thiazole rings is 1. The Morgan fingerprint density at radius 3 is 2.73 bits per heavy atom. The zero-order valence-corrected chi connectivity index (χ0v) is 16.1. The van der Waals surface area contributed by atoms with E-state index in [9.17, 15) is 9.59 Å². The van der Waals surface area contributed by atoms with E-state index in [4.69, 9.17) is 0 Å². The summed E-state index contributed by atoms with van der Waals surface area (Å²) in [6.07, 6.45) is 6.16. The Morgan fingerprint density at radius 2 is 2.04 bits per heavy atom. The Labute approximate surface area is 158 Å². The van der Waals surface area contributed by atoms with Crippen molar-refractivity contribution in [2.75, 3.05) is 39.8 Å². The molecule has 0 aliphatic carbocycles. The fraction of sp³-hybridized carbons (Fsp3) is 0.722. The van der Waals surface area contributed by atoms with Crippen LogP contribution in [-0.4, -0.2) is 67.6 Å².